The predicted octanol–water partition coefficient (Wildman–Crippen LogP) is 1.64. The monoisotopic (exact) mass is 238 g/mol. The fraction of sp³-hybridized carbons (Fsp3) is 0.500. The number of aromatic nitrogens is 1. The Morgan fingerprint density at radius 3 is 2.59 bits per heavy atom. The number of nitrogens with one attached hydrogen (secondary N) is 1. The van der Waals surface area contributed by atoms with Gasteiger partial charge in [0.2, 0.25) is 0 Å². The van der Waals surface area contributed by atoms with Gasteiger partial charge in [0.05, 0.1) is 12.6 Å². The van der Waals surface area contributed by atoms with Gasteiger partial charge in [-0.3, -0.25) is 4.98 Å². The summed E-state index contributed by atoms with van der Waals surface area (Å²) in [5.74, 6) is 0. The molecule has 0 aliphatic carbocycles. The van der Waals surface area contributed by atoms with Gasteiger partial charge < -0.3 is 15.2 Å². The normalized spacial score (nSPS) is 12.9. The Kier molecular flexibility index (Phi) is 4.45. The summed E-state index contributed by atoms with van der Waals surface area (Å²) in [6.45, 7) is 5.46. The first-order valence-corrected chi connectivity index (χ1v) is 5.43. The highest BCUT2D eigenvalue weighted by Gasteiger charge is 2.17. The molecule has 0 fully saturated rings. The molecular formula is C12H18N2O3. The van der Waals surface area contributed by atoms with Crippen LogP contribution in [0.1, 0.15) is 32.4 Å². The second-order valence-electron chi connectivity index (χ2n) is 4.68. The number of carbonyl (C=O) groups excluding carboxylic acids is 1. The zero-order valence-electron chi connectivity index (χ0n) is 10.3. The number of ether oxygens (including phenoxy) is 1. The number of pyridine rings is 1. The number of carbonyl (C=O) groups is 1. The third-order valence-corrected chi connectivity index (χ3v) is 1.93. The predicted molar refractivity (Wildman–Crippen MR) is 63.4 cm³/mol. The molecule has 0 aliphatic heterocycles. The van der Waals surface area contributed by atoms with Crippen molar-refractivity contribution in [3.05, 3.63) is 30.1 Å². The van der Waals surface area contributed by atoms with E-state index in [9.17, 15) is 9.90 Å². The van der Waals surface area contributed by atoms with Gasteiger partial charge in [0, 0.05) is 12.4 Å². The van der Waals surface area contributed by atoms with Gasteiger partial charge in [-0.1, -0.05) is 0 Å². The van der Waals surface area contributed by atoms with E-state index < -0.39 is 17.8 Å². The van der Waals surface area contributed by atoms with E-state index >= 15 is 0 Å². The first-order valence-electron chi connectivity index (χ1n) is 5.43. The molecule has 1 unspecified atom stereocenters. The van der Waals surface area contributed by atoms with Crippen molar-refractivity contribution in [1.29, 1.82) is 0 Å². The maximum atomic E-state index is 11.3. The second kappa shape index (κ2) is 5.63. The minimum atomic E-state index is -0.759. The van der Waals surface area contributed by atoms with E-state index in [1.807, 2.05) is 0 Å². The number of amides is 1. The van der Waals surface area contributed by atoms with Crippen molar-refractivity contribution in [1.82, 2.24) is 10.3 Å². The molecule has 94 valence electrons. The van der Waals surface area contributed by atoms with Crippen LogP contribution in [0.3, 0.4) is 0 Å². The van der Waals surface area contributed by atoms with Crippen LogP contribution < -0.4 is 5.32 Å². The maximum absolute atomic E-state index is 11.3. The van der Waals surface area contributed by atoms with Gasteiger partial charge in [0.15, 0.2) is 0 Å². The summed E-state index contributed by atoms with van der Waals surface area (Å²) in [5, 5.41) is 12.3. The number of aliphatic hydroxyl groups excluding tert-OH is 1. The van der Waals surface area contributed by atoms with Crippen molar-refractivity contribution < 1.29 is 14.6 Å². The first-order chi connectivity index (χ1) is 7.88. The number of alkyl carbamates (subject to hydrolysis) is 1. The lowest BCUT2D eigenvalue weighted by atomic mass is 10.1. The van der Waals surface area contributed by atoms with Crippen LogP contribution in [0.2, 0.25) is 0 Å². The molecule has 1 aromatic rings. The molecule has 2 N–H and O–H groups in total. The molecule has 1 atom stereocenters. The van der Waals surface area contributed by atoms with E-state index in [0.717, 1.165) is 0 Å². The lowest BCUT2D eigenvalue weighted by molar-refractivity contribution is 0.0492. The van der Waals surface area contributed by atoms with Crippen LogP contribution in [-0.2, 0) is 4.74 Å². The highest BCUT2D eigenvalue weighted by Crippen LogP contribution is 2.10. The lowest BCUT2D eigenvalue weighted by Gasteiger charge is -2.20. The van der Waals surface area contributed by atoms with Gasteiger partial charge in [-0.05, 0) is 38.5 Å². The summed E-state index contributed by atoms with van der Waals surface area (Å²) < 4.78 is 5.05. The van der Waals surface area contributed by atoms with E-state index in [1.54, 1.807) is 45.3 Å². The summed E-state index contributed by atoms with van der Waals surface area (Å²) in [6.07, 6.45) is 1.88. The largest absolute Gasteiger partial charge is 0.444 e. The van der Waals surface area contributed by atoms with E-state index in [4.69, 9.17) is 4.74 Å². The van der Waals surface area contributed by atoms with Gasteiger partial charge in [-0.25, -0.2) is 4.79 Å². The number of hydrogen-bond donors (Lipinski definition) is 2. The number of aliphatic hydroxyl groups is 1. The van der Waals surface area contributed by atoms with Gasteiger partial charge in [0.25, 0.3) is 0 Å². The van der Waals surface area contributed by atoms with E-state index in [0.29, 0.717) is 5.56 Å². The minimum Gasteiger partial charge on any atom is -0.444 e. The standard InChI is InChI=1S/C12H18N2O3/c1-12(2,3)17-11(16)14-8-10(15)9-4-6-13-7-5-9/h4-7,10,15H,8H2,1-3H3,(H,14,16). The lowest BCUT2D eigenvalue weighted by Crippen LogP contribution is -2.34. The van der Waals surface area contributed by atoms with Gasteiger partial charge in [-0.15, -0.1) is 0 Å². The average Bonchev–Trinajstić information content (AvgIpc) is 2.25. The fourth-order valence-corrected chi connectivity index (χ4v) is 1.20. The summed E-state index contributed by atoms with van der Waals surface area (Å²) in [4.78, 5) is 15.2. The molecule has 0 aromatic carbocycles. The third-order valence-electron chi connectivity index (χ3n) is 1.93. The highest BCUT2D eigenvalue weighted by molar-refractivity contribution is 5.67. The molecule has 0 radical (unpaired) electrons. The summed E-state index contributed by atoms with van der Waals surface area (Å²) in [6, 6.07) is 3.39. The van der Waals surface area contributed by atoms with Crippen LogP contribution in [-0.4, -0.2) is 28.3 Å². The molecule has 0 spiro atoms. The number of rotatable bonds is 3. The summed E-state index contributed by atoms with van der Waals surface area (Å²) in [7, 11) is 0. The van der Waals surface area contributed by atoms with Crippen molar-refractivity contribution in [2.45, 2.75) is 32.5 Å². The Hall–Kier alpha value is -1.62. The Balaban J connectivity index is 2.39. The van der Waals surface area contributed by atoms with Crippen LogP contribution in [0.15, 0.2) is 24.5 Å². The molecule has 0 saturated heterocycles. The van der Waals surface area contributed by atoms with Crippen molar-refractivity contribution >= 4 is 6.09 Å². The van der Waals surface area contributed by atoms with Crippen molar-refractivity contribution in [3.63, 3.8) is 0 Å². The summed E-state index contributed by atoms with van der Waals surface area (Å²) in [5.41, 5.74) is 0.169. The molecule has 0 aliphatic rings. The molecule has 1 rings (SSSR count). The van der Waals surface area contributed by atoms with E-state index in [1.165, 1.54) is 0 Å². The van der Waals surface area contributed by atoms with Crippen LogP contribution in [0.5, 0.6) is 0 Å². The Morgan fingerprint density at radius 1 is 1.47 bits per heavy atom. The van der Waals surface area contributed by atoms with Crippen LogP contribution in [0, 0.1) is 0 Å². The second-order valence-corrected chi connectivity index (χ2v) is 4.68. The van der Waals surface area contributed by atoms with Gasteiger partial charge in [-0.2, -0.15) is 0 Å². The smallest absolute Gasteiger partial charge is 0.407 e. The Labute approximate surface area is 101 Å². The molecule has 5 heteroatoms. The molecule has 1 amide bonds. The zero-order valence-corrected chi connectivity index (χ0v) is 10.3. The molecule has 1 aromatic heterocycles. The fourth-order valence-electron chi connectivity index (χ4n) is 1.20. The van der Waals surface area contributed by atoms with Crippen LogP contribution in [0.4, 0.5) is 4.79 Å². The Morgan fingerprint density at radius 2 is 2.06 bits per heavy atom. The molecule has 5 nitrogen and oxygen atoms in total. The quantitative estimate of drug-likeness (QED) is 0.839. The van der Waals surface area contributed by atoms with Crippen LogP contribution in [0.25, 0.3) is 0 Å². The molecule has 0 saturated carbocycles. The van der Waals surface area contributed by atoms with Gasteiger partial charge >= 0.3 is 6.09 Å². The molecule has 1 heterocycles. The average molecular weight is 238 g/mol. The Bertz CT molecular complexity index is 360. The maximum Gasteiger partial charge on any atom is 0.407 e. The van der Waals surface area contributed by atoms with Gasteiger partial charge in [0.1, 0.15) is 5.60 Å². The zero-order chi connectivity index (χ0) is 12.9. The summed E-state index contributed by atoms with van der Waals surface area (Å²) >= 11 is 0. The third kappa shape index (κ3) is 5.31. The minimum absolute atomic E-state index is 0.110. The molecular weight excluding hydrogens is 220 g/mol. The molecule has 0 bridgehead atoms. The number of nitrogens with zero attached hydrogens (tertiary/aromatic N) is 1. The molecule has 17 heavy (non-hydrogen) atoms. The van der Waals surface area contributed by atoms with E-state index in [-0.39, 0.29) is 6.54 Å². The van der Waals surface area contributed by atoms with Crippen molar-refractivity contribution in [2.24, 2.45) is 0 Å². The number of hydrogen-bond acceptors (Lipinski definition) is 4. The van der Waals surface area contributed by atoms with Crippen molar-refractivity contribution in [3.8, 4) is 0 Å². The first kappa shape index (κ1) is 13.4. The topological polar surface area (TPSA) is 71.5 Å². The van der Waals surface area contributed by atoms with Crippen molar-refractivity contribution in [2.75, 3.05) is 6.54 Å². The van der Waals surface area contributed by atoms with E-state index in [2.05, 4.69) is 10.3 Å². The highest BCUT2D eigenvalue weighted by atomic mass is 16.6. The van der Waals surface area contributed by atoms with Crippen LogP contribution >= 0.6 is 0 Å². The SMILES string of the molecule is CC(C)(C)OC(=O)NCC(O)c1ccncc1.